The van der Waals surface area contributed by atoms with Crippen molar-refractivity contribution in [2.75, 3.05) is 39.3 Å². The van der Waals surface area contributed by atoms with Crippen molar-refractivity contribution in [2.45, 2.75) is 46.1 Å². The number of rotatable bonds is 8. The third-order valence-electron chi connectivity index (χ3n) is 3.31. The van der Waals surface area contributed by atoms with E-state index in [1.807, 2.05) is 0 Å². The highest BCUT2D eigenvalue weighted by molar-refractivity contribution is 4.70. The Morgan fingerprint density at radius 2 is 2.18 bits per heavy atom. The molecule has 102 valence electrons. The second-order valence-corrected chi connectivity index (χ2v) is 5.51. The first kappa shape index (κ1) is 14.9. The Balaban J connectivity index is 1.95. The quantitative estimate of drug-likeness (QED) is 0.660. The van der Waals surface area contributed by atoms with Gasteiger partial charge in [-0.05, 0) is 44.8 Å². The van der Waals surface area contributed by atoms with Crippen molar-refractivity contribution >= 4 is 0 Å². The van der Waals surface area contributed by atoms with Gasteiger partial charge >= 0.3 is 0 Å². The number of nitrogens with one attached hydrogen (secondary N) is 1. The minimum absolute atomic E-state index is 0.475. The predicted octanol–water partition coefficient (Wildman–Crippen LogP) is 2.12. The smallest absolute Gasteiger partial charge is 0.0700 e. The Labute approximate surface area is 107 Å². The zero-order chi connectivity index (χ0) is 12.5. The molecule has 0 spiro atoms. The Bertz CT molecular complexity index is 185. The topological polar surface area (TPSA) is 24.5 Å². The molecule has 0 aromatic carbocycles. The molecule has 1 N–H and O–H groups in total. The summed E-state index contributed by atoms with van der Waals surface area (Å²) in [6.45, 7) is 13.5. The average Bonchev–Trinajstić information content (AvgIpc) is 2.33. The first-order valence-electron chi connectivity index (χ1n) is 7.27. The van der Waals surface area contributed by atoms with E-state index < -0.39 is 0 Å². The summed E-state index contributed by atoms with van der Waals surface area (Å²) >= 11 is 0. The van der Waals surface area contributed by atoms with Gasteiger partial charge in [-0.2, -0.15) is 0 Å². The third kappa shape index (κ3) is 7.02. The lowest BCUT2D eigenvalue weighted by atomic mass is 10.2. The van der Waals surface area contributed by atoms with E-state index in [9.17, 15) is 0 Å². The van der Waals surface area contributed by atoms with Crippen LogP contribution in [0, 0.1) is 5.92 Å². The zero-order valence-corrected chi connectivity index (χ0v) is 11.9. The lowest BCUT2D eigenvalue weighted by Crippen LogP contribution is -2.42. The predicted molar refractivity (Wildman–Crippen MR) is 73.4 cm³/mol. The van der Waals surface area contributed by atoms with Crippen LogP contribution in [0.25, 0.3) is 0 Å². The molecule has 1 atom stereocenters. The maximum atomic E-state index is 5.67. The molecule has 0 radical (unpaired) electrons. The van der Waals surface area contributed by atoms with Gasteiger partial charge < -0.3 is 10.1 Å². The van der Waals surface area contributed by atoms with E-state index >= 15 is 0 Å². The van der Waals surface area contributed by atoms with Crippen LogP contribution >= 0.6 is 0 Å². The molecule has 3 nitrogen and oxygen atoms in total. The van der Waals surface area contributed by atoms with Crippen LogP contribution in [0.4, 0.5) is 0 Å². The van der Waals surface area contributed by atoms with E-state index in [2.05, 4.69) is 31.0 Å². The van der Waals surface area contributed by atoms with Gasteiger partial charge in [-0.1, -0.05) is 20.8 Å². The normalized spacial score (nSPS) is 22.2. The summed E-state index contributed by atoms with van der Waals surface area (Å²) in [7, 11) is 0. The summed E-state index contributed by atoms with van der Waals surface area (Å²) in [6, 6.07) is 0. The molecule has 0 saturated carbocycles. The molecule has 0 amide bonds. The summed E-state index contributed by atoms with van der Waals surface area (Å²) in [5.74, 6) is 0.763. The molecule has 1 heterocycles. The van der Waals surface area contributed by atoms with E-state index in [0.29, 0.717) is 6.10 Å². The molecule has 1 saturated heterocycles. The fourth-order valence-corrected chi connectivity index (χ4v) is 2.21. The standard InChI is InChI=1S/C14H30N2O/c1-4-14-12-16(9-10-17-14)8-6-5-7-15-11-13(2)3/h13-15H,4-12H2,1-3H3. The first-order valence-corrected chi connectivity index (χ1v) is 7.27. The van der Waals surface area contributed by atoms with Crippen LogP contribution in [0.3, 0.4) is 0 Å². The van der Waals surface area contributed by atoms with Gasteiger partial charge in [0.1, 0.15) is 0 Å². The van der Waals surface area contributed by atoms with Gasteiger partial charge in [0.2, 0.25) is 0 Å². The van der Waals surface area contributed by atoms with E-state index in [0.717, 1.165) is 38.6 Å². The first-order chi connectivity index (χ1) is 8.22. The summed E-state index contributed by atoms with van der Waals surface area (Å²) in [5.41, 5.74) is 0. The molecule has 0 aromatic rings. The highest BCUT2D eigenvalue weighted by Gasteiger charge is 2.17. The number of hydrogen-bond acceptors (Lipinski definition) is 3. The van der Waals surface area contributed by atoms with E-state index in [1.165, 1.54) is 25.9 Å². The molecule has 17 heavy (non-hydrogen) atoms. The maximum absolute atomic E-state index is 5.67. The summed E-state index contributed by atoms with van der Waals surface area (Å²) in [4.78, 5) is 2.56. The third-order valence-corrected chi connectivity index (χ3v) is 3.31. The van der Waals surface area contributed by atoms with Crippen LogP contribution in [0.1, 0.15) is 40.0 Å². The van der Waals surface area contributed by atoms with Crippen LogP contribution in [-0.4, -0.2) is 50.3 Å². The van der Waals surface area contributed by atoms with Crippen molar-refractivity contribution < 1.29 is 4.74 Å². The van der Waals surface area contributed by atoms with Crippen molar-refractivity contribution in [3.05, 3.63) is 0 Å². The van der Waals surface area contributed by atoms with Crippen molar-refractivity contribution in [1.29, 1.82) is 0 Å². The van der Waals surface area contributed by atoms with Crippen molar-refractivity contribution in [3.63, 3.8) is 0 Å². The van der Waals surface area contributed by atoms with Gasteiger partial charge in [-0.25, -0.2) is 0 Å². The second-order valence-electron chi connectivity index (χ2n) is 5.51. The van der Waals surface area contributed by atoms with Gasteiger partial charge in [0.05, 0.1) is 12.7 Å². The Hall–Kier alpha value is -0.120. The molecular formula is C14H30N2O. The number of hydrogen-bond donors (Lipinski definition) is 1. The molecule has 1 rings (SSSR count). The lowest BCUT2D eigenvalue weighted by molar-refractivity contribution is -0.0299. The van der Waals surface area contributed by atoms with Gasteiger partial charge in [0.25, 0.3) is 0 Å². The van der Waals surface area contributed by atoms with Crippen molar-refractivity contribution in [2.24, 2.45) is 5.92 Å². The highest BCUT2D eigenvalue weighted by atomic mass is 16.5. The van der Waals surface area contributed by atoms with E-state index in [1.54, 1.807) is 0 Å². The molecule has 1 unspecified atom stereocenters. The van der Waals surface area contributed by atoms with E-state index in [4.69, 9.17) is 4.74 Å². The van der Waals surface area contributed by atoms with Crippen LogP contribution in [-0.2, 0) is 4.74 Å². The summed E-state index contributed by atoms with van der Waals surface area (Å²) in [5, 5.41) is 3.50. The number of ether oxygens (including phenoxy) is 1. The lowest BCUT2D eigenvalue weighted by Gasteiger charge is -2.32. The summed E-state index contributed by atoms with van der Waals surface area (Å²) < 4.78 is 5.67. The van der Waals surface area contributed by atoms with Gasteiger partial charge in [-0.15, -0.1) is 0 Å². The van der Waals surface area contributed by atoms with Crippen LogP contribution in [0.15, 0.2) is 0 Å². The van der Waals surface area contributed by atoms with Crippen LogP contribution in [0.5, 0.6) is 0 Å². The second kappa shape index (κ2) is 8.90. The minimum atomic E-state index is 0.475. The molecular weight excluding hydrogens is 212 g/mol. The van der Waals surface area contributed by atoms with Gasteiger partial charge in [0, 0.05) is 13.1 Å². The molecule has 0 aliphatic carbocycles. The molecule has 1 aliphatic heterocycles. The Morgan fingerprint density at radius 3 is 2.88 bits per heavy atom. The number of unbranched alkanes of at least 4 members (excludes halogenated alkanes) is 1. The Morgan fingerprint density at radius 1 is 1.35 bits per heavy atom. The number of morpholine rings is 1. The average molecular weight is 242 g/mol. The highest BCUT2D eigenvalue weighted by Crippen LogP contribution is 2.08. The fourth-order valence-electron chi connectivity index (χ4n) is 2.21. The van der Waals surface area contributed by atoms with Crippen LogP contribution in [0.2, 0.25) is 0 Å². The van der Waals surface area contributed by atoms with Crippen molar-refractivity contribution in [1.82, 2.24) is 10.2 Å². The molecule has 1 aliphatic rings. The monoisotopic (exact) mass is 242 g/mol. The fraction of sp³-hybridized carbons (Fsp3) is 1.00. The summed E-state index contributed by atoms with van der Waals surface area (Å²) in [6.07, 6.45) is 4.22. The zero-order valence-electron chi connectivity index (χ0n) is 11.9. The SMILES string of the molecule is CCC1CN(CCCCNCC(C)C)CCO1. The minimum Gasteiger partial charge on any atom is -0.376 e. The molecule has 0 bridgehead atoms. The molecule has 1 fully saturated rings. The Kier molecular flexibility index (Phi) is 7.82. The number of nitrogens with zero attached hydrogens (tertiary/aromatic N) is 1. The maximum Gasteiger partial charge on any atom is 0.0700 e. The van der Waals surface area contributed by atoms with Crippen molar-refractivity contribution in [3.8, 4) is 0 Å². The largest absolute Gasteiger partial charge is 0.376 e. The molecule has 3 heteroatoms. The van der Waals surface area contributed by atoms with E-state index in [-0.39, 0.29) is 0 Å². The van der Waals surface area contributed by atoms with Gasteiger partial charge in [-0.3, -0.25) is 4.90 Å². The van der Waals surface area contributed by atoms with Gasteiger partial charge in [0.15, 0.2) is 0 Å². The molecule has 0 aromatic heterocycles. The van der Waals surface area contributed by atoms with Crippen LogP contribution < -0.4 is 5.32 Å².